The average Bonchev–Trinajstić information content (AvgIpc) is 3.13. The molecule has 0 radical (unpaired) electrons. The lowest BCUT2D eigenvalue weighted by atomic mass is 9.97. The summed E-state index contributed by atoms with van der Waals surface area (Å²) in [5, 5.41) is 7.49. The molecule has 1 aliphatic heterocycles. The predicted octanol–water partition coefficient (Wildman–Crippen LogP) is 3.82. The van der Waals surface area contributed by atoms with Crippen LogP contribution in [0.25, 0.3) is 0 Å². The molecule has 32 heavy (non-hydrogen) atoms. The lowest BCUT2D eigenvalue weighted by Crippen LogP contribution is -2.41. The maximum atomic E-state index is 12.7. The van der Waals surface area contributed by atoms with Gasteiger partial charge in [-0.25, -0.2) is 9.67 Å². The molecule has 1 unspecified atom stereocenters. The van der Waals surface area contributed by atoms with Crippen molar-refractivity contribution in [3.05, 3.63) is 64.5 Å². The quantitative estimate of drug-likeness (QED) is 0.545. The number of aromatic nitrogens is 3. The van der Waals surface area contributed by atoms with Crippen LogP contribution >= 0.6 is 12.2 Å². The first-order valence-electron chi connectivity index (χ1n) is 10.7. The standard InChI is InChI=1S/C23H27N5O3S/c1-16-5-3-7-20(24-16)25-22(29)18-6-4-12-27(14-18)15-28-23(32)31-21(26-28)13-17-8-10-19(30-2)11-9-17/h3,5,7-11,18H,4,6,12-15H2,1-2H3,(H,24,25,29). The highest BCUT2D eigenvalue weighted by molar-refractivity contribution is 7.71. The van der Waals surface area contributed by atoms with Gasteiger partial charge in [0.15, 0.2) is 0 Å². The van der Waals surface area contributed by atoms with Crippen molar-refractivity contribution in [2.45, 2.75) is 32.9 Å². The van der Waals surface area contributed by atoms with E-state index in [4.69, 9.17) is 21.4 Å². The van der Waals surface area contributed by atoms with Gasteiger partial charge in [0, 0.05) is 12.2 Å². The van der Waals surface area contributed by atoms with Crippen molar-refractivity contribution in [3.8, 4) is 5.75 Å². The number of rotatable bonds is 7. The Labute approximate surface area is 192 Å². The number of hydrogen-bond acceptors (Lipinski definition) is 7. The van der Waals surface area contributed by atoms with E-state index in [9.17, 15) is 4.79 Å². The molecule has 2 aromatic heterocycles. The summed E-state index contributed by atoms with van der Waals surface area (Å²) in [6.45, 7) is 3.93. The molecule has 0 saturated carbocycles. The van der Waals surface area contributed by atoms with Crippen LogP contribution in [0.4, 0.5) is 5.82 Å². The van der Waals surface area contributed by atoms with E-state index in [2.05, 4.69) is 20.3 Å². The number of nitrogens with zero attached hydrogens (tertiary/aromatic N) is 4. The third kappa shape index (κ3) is 5.60. The number of hydrogen-bond donors (Lipinski definition) is 1. The molecule has 1 atom stereocenters. The lowest BCUT2D eigenvalue weighted by molar-refractivity contribution is -0.121. The van der Waals surface area contributed by atoms with Crippen molar-refractivity contribution in [3.63, 3.8) is 0 Å². The summed E-state index contributed by atoms with van der Waals surface area (Å²) >= 11 is 5.38. The summed E-state index contributed by atoms with van der Waals surface area (Å²) in [4.78, 5) is 19.6. The minimum atomic E-state index is -0.106. The zero-order valence-electron chi connectivity index (χ0n) is 18.3. The van der Waals surface area contributed by atoms with E-state index >= 15 is 0 Å². The van der Waals surface area contributed by atoms with Crippen LogP contribution in [-0.4, -0.2) is 45.8 Å². The number of nitrogens with one attached hydrogen (secondary N) is 1. The molecule has 168 valence electrons. The molecule has 1 saturated heterocycles. The van der Waals surface area contributed by atoms with Crippen LogP contribution < -0.4 is 10.1 Å². The molecule has 0 aliphatic carbocycles. The normalized spacial score (nSPS) is 16.6. The number of carbonyl (C=O) groups excluding carboxylic acids is 1. The molecule has 0 bridgehead atoms. The highest BCUT2D eigenvalue weighted by Gasteiger charge is 2.26. The van der Waals surface area contributed by atoms with E-state index in [-0.39, 0.29) is 11.8 Å². The minimum absolute atomic E-state index is 0.00301. The van der Waals surface area contributed by atoms with Crippen molar-refractivity contribution >= 4 is 23.9 Å². The molecule has 3 aromatic rings. The first-order chi connectivity index (χ1) is 15.5. The Balaban J connectivity index is 1.36. The largest absolute Gasteiger partial charge is 0.497 e. The number of amides is 1. The molecule has 0 spiro atoms. The monoisotopic (exact) mass is 453 g/mol. The van der Waals surface area contributed by atoms with Crippen molar-refractivity contribution in [2.75, 3.05) is 25.5 Å². The van der Waals surface area contributed by atoms with Gasteiger partial charge in [-0.05, 0) is 68.4 Å². The molecule has 1 N–H and O–H groups in total. The van der Waals surface area contributed by atoms with Crippen LogP contribution in [0, 0.1) is 17.7 Å². The van der Waals surface area contributed by atoms with Crippen molar-refractivity contribution < 1.29 is 13.9 Å². The number of anilines is 1. The van der Waals surface area contributed by atoms with Gasteiger partial charge in [-0.1, -0.05) is 18.2 Å². The number of carbonyl (C=O) groups is 1. The molecule has 9 heteroatoms. The molecule has 8 nitrogen and oxygen atoms in total. The highest BCUT2D eigenvalue weighted by atomic mass is 32.1. The SMILES string of the molecule is COc1ccc(Cc2nn(CN3CCCC(C(=O)Nc4cccc(C)n4)C3)c(=S)o2)cc1. The van der Waals surface area contributed by atoms with Crippen LogP contribution in [0.15, 0.2) is 46.9 Å². The fourth-order valence-corrected chi connectivity index (χ4v) is 4.05. The second kappa shape index (κ2) is 10.1. The smallest absolute Gasteiger partial charge is 0.288 e. The molecule has 1 amide bonds. The van der Waals surface area contributed by atoms with Crippen LogP contribution in [-0.2, 0) is 17.9 Å². The summed E-state index contributed by atoms with van der Waals surface area (Å²) in [5.74, 6) is 1.86. The number of benzene rings is 1. The zero-order valence-corrected chi connectivity index (χ0v) is 19.1. The fraction of sp³-hybridized carbons (Fsp3) is 0.391. The van der Waals surface area contributed by atoms with Gasteiger partial charge < -0.3 is 14.5 Å². The molecule has 4 rings (SSSR count). The first-order valence-corrected chi connectivity index (χ1v) is 11.1. The van der Waals surface area contributed by atoms with Gasteiger partial charge in [0.05, 0.1) is 26.1 Å². The Morgan fingerprint density at radius 2 is 2.09 bits per heavy atom. The molecular weight excluding hydrogens is 426 g/mol. The Morgan fingerprint density at radius 3 is 2.84 bits per heavy atom. The third-order valence-corrected chi connectivity index (χ3v) is 5.81. The molecule has 1 fully saturated rings. The number of ether oxygens (including phenoxy) is 1. The number of methoxy groups -OCH3 is 1. The highest BCUT2D eigenvalue weighted by Crippen LogP contribution is 2.20. The van der Waals surface area contributed by atoms with Gasteiger partial charge >= 0.3 is 0 Å². The lowest BCUT2D eigenvalue weighted by Gasteiger charge is -2.31. The van der Waals surface area contributed by atoms with Crippen molar-refractivity contribution in [1.82, 2.24) is 19.7 Å². The van der Waals surface area contributed by atoms with Crippen LogP contribution in [0.2, 0.25) is 0 Å². The predicted molar refractivity (Wildman–Crippen MR) is 123 cm³/mol. The number of pyridine rings is 1. The first kappa shape index (κ1) is 22.2. The Morgan fingerprint density at radius 1 is 1.28 bits per heavy atom. The maximum absolute atomic E-state index is 12.7. The van der Waals surface area contributed by atoms with E-state index in [1.54, 1.807) is 11.8 Å². The average molecular weight is 454 g/mol. The number of aryl methyl sites for hydroxylation is 1. The third-order valence-electron chi connectivity index (χ3n) is 5.51. The molecule has 3 heterocycles. The van der Waals surface area contributed by atoms with Crippen LogP contribution in [0.1, 0.15) is 30.0 Å². The van der Waals surface area contributed by atoms with E-state index in [1.807, 2.05) is 49.4 Å². The van der Waals surface area contributed by atoms with E-state index in [1.165, 1.54) is 0 Å². The topological polar surface area (TPSA) is 85.4 Å². The second-order valence-electron chi connectivity index (χ2n) is 8.00. The summed E-state index contributed by atoms with van der Waals surface area (Å²) < 4.78 is 12.6. The zero-order chi connectivity index (χ0) is 22.5. The molecule has 1 aromatic carbocycles. The van der Waals surface area contributed by atoms with Gasteiger partial charge in [0.2, 0.25) is 11.8 Å². The summed E-state index contributed by atoms with van der Waals surface area (Å²) in [6, 6.07) is 13.4. The van der Waals surface area contributed by atoms with Crippen LogP contribution in [0.3, 0.4) is 0 Å². The Hall–Kier alpha value is -3.04. The summed E-state index contributed by atoms with van der Waals surface area (Å²) in [6.07, 6.45) is 2.33. The van der Waals surface area contributed by atoms with Gasteiger partial charge in [0.1, 0.15) is 11.6 Å². The number of likely N-dealkylation sites (tertiary alicyclic amines) is 1. The van der Waals surface area contributed by atoms with Gasteiger partial charge in [-0.3, -0.25) is 9.69 Å². The Bertz CT molecular complexity index is 1130. The second-order valence-corrected chi connectivity index (χ2v) is 8.35. The van der Waals surface area contributed by atoms with Crippen molar-refractivity contribution in [2.24, 2.45) is 5.92 Å². The van der Waals surface area contributed by atoms with Gasteiger partial charge in [0.25, 0.3) is 4.84 Å². The van der Waals surface area contributed by atoms with Gasteiger partial charge in [-0.15, -0.1) is 5.10 Å². The summed E-state index contributed by atoms with van der Waals surface area (Å²) in [7, 11) is 1.64. The van der Waals surface area contributed by atoms with Gasteiger partial charge in [-0.2, -0.15) is 0 Å². The maximum Gasteiger partial charge on any atom is 0.288 e. The minimum Gasteiger partial charge on any atom is -0.497 e. The van der Waals surface area contributed by atoms with E-state index in [0.29, 0.717) is 36.2 Å². The Kier molecular flexibility index (Phi) is 6.96. The number of piperidine rings is 1. The van der Waals surface area contributed by atoms with Crippen LogP contribution in [0.5, 0.6) is 5.75 Å². The van der Waals surface area contributed by atoms with E-state index in [0.717, 1.165) is 36.4 Å². The molecular formula is C23H27N5O3S. The molecule has 1 aliphatic rings. The van der Waals surface area contributed by atoms with Crippen molar-refractivity contribution in [1.29, 1.82) is 0 Å². The summed E-state index contributed by atoms with van der Waals surface area (Å²) in [5.41, 5.74) is 1.94. The van der Waals surface area contributed by atoms with E-state index < -0.39 is 0 Å². The fourth-order valence-electron chi connectivity index (χ4n) is 3.86.